The Balaban J connectivity index is 1.41. The Labute approximate surface area is 206 Å². The molecule has 1 aliphatic heterocycles. The number of nitrogens with one attached hydrogen (secondary N) is 1. The van der Waals surface area contributed by atoms with E-state index in [0.29, 0.717) is 35.9 Å². The van der Waals surface area contributed by atoms with E-state index in [9.17, 15) is 14.0 Å². The van der Waals surface area contributed by atoms with E-state index >= 15 is 0 Å². The molecular formula is C27H24FN5O3. The molecule has 2 aromatic heterocycles. The number of ether oxygens (including phenoxy) is 1. The summed E-state index contributed by atoms with van der Waals surface area (Å²) < 4.78 is 20.4. The van der Waals surface area contributed by atoms with Gasteiger partial charge < -0.3 is 20.4 Å². The van der Waals surface area contributed by atoms with Crippen molar-refractivity contribution in [3.63, 3.8) is 0 Å². The highest BCUT2D eigenvalue weighted by Crippen LogP contribution is 2.34. The lowest BCUT2D eigenvalue weighted by molar-refractivity contribution is -0.126. The maximum absolute atomic E-state index is 13.1. The molecule has 0 spiro atoms. The number of H-pyrrole nitrogens is 1. The fourth-order valence-corrected chi connectivity index (χ4v) is 4.58. The van der Waals surface area contributed by atoms with E-state index in [1.807, 2.05) is 12.1 Å². The topological polar surface area (TPSA) is 106 Å². The van der Waals surface area contributed by atoms with Gasteiger partial charge in [0.15, 0.2) is 5.69 Å². The number of amides is 2. The van der Waals surface area contributed by atoms with Crippen molar-refractivity contribution < 1.29 is 18.7 Å². The molecule has 4 aromatic rings. The Morgan fingerprint density at radius 1 is 1.08 bits per heavy atom. The van der Waals surface area contributed by atoms with Crippen molar-refractivity contribution >= 4 is 17.5 Å². The lowest BCUT2D eigenvalue weighted by atomic mass is 9.91. The number of imidazole rings is 1. The van der Waals surface area contributed by atoms with E-state index in [2.05, 4.69) is 21.9 Å². The minimum Gasteiger partial charge on any atom is -0.457 e. The monoisotopic (exact) mass is 485 g/mol. The third kappa shape index (κ3) is 4.41. The summed E-state index contributed by atoms with van der Waals surface area (Å²) in [4.78, 5) is 29.6. The van der Waals surface area contributed by atoms with Crippen LogP contribution < -0.4 is 10.5 Å². The second kappa shape index (κ2) is 9.58. The number of piperidine rings is 1. The van der Waals surface area contributed by atoms with E-state index < -0.39 is 5.91 Å². The van der Waals surface area contributed by atoms with Gasteiger partial charge in [-0.2, -0.15) is 5.10 Å². The highest BCUT2D eigenvalue weighted by Gasteiger charge is 2.28. The number of hydrogen-bond donors (Lipinski definition) is 2. The zero-order valence-corrected chi connectivity index (χ0v) is 19.6. The van der Waals surface area contributed by atoms with Crippen LogP contribution in [0.1, 0.15) is 41.7 Å². The molecule has 36 heavy (non-hydrogen) atoms. The first-order valence-electron chi connectivity index (χ1n) is 11.6. The van der Waals surface area contributed by atoms with Crippen LogP contribution in [0.15, 0.2) is 54.7 Å². The van der Waals surface area contributed by atoms with Gasteiger partial charge >= 0.3 is 0 Å². The molecule has 0 unspecified atom stereocenters. The van der Waals surface area contributed by atoms with Crippen molar-refractivity contribution in [1.82, 2.24) is 19.5 Å². The summed E-state index contributed by atoms with van der Waals surface area (Å²) in [6, 6.07) is 12.9. The van der Waals surface area contributed by atoms with Gasteiger partial charge in [-0.1, -0.05) is 5.92 Å². The number of benzene rings is 2. The van der Waals surface area contributed by atoms with Gasteiger partial charge in [-0.05, 0) is 80.1 Å². The molecule has 8 nitrogen and oxygen atoms in total. The zero-order valence-electron chi connectivity index (χ0n) is 19.6. The molecule has 0 atom stereocenters. The fraction of sp³-hybridized carbons (Fsp3) is 0.222. The van der Waals surface area contributed by atoms with Crippen LogP contribution >= 0.6 is 0 Å². The standard InChI is InChI=1S/C27H24FN5O3/c1-2-3-23(34)32-14-12-17(13-15-32)22-16-30-33-25(26(29)35)24(31-27(22)33)18-4-8-20(9-5-18)36-21-10-6-19(28)7-11-21/h4-11,16-17,31H,12-15H2,1H3,(H2,29,35). The van der Waals surface area contributed by atoms with E-state index in [1.165, 1.54) is 12.1 Å². The molecular weight excluding hydrogens is 461 g/mol. The van der Waals surface area contributed by atoms with Gasteiger partial charge in [-0.15, -0.1) is 0 Å². The number of fused-ring (bicyclic) bond motifs is 1. The minimum absolute atomic E-state index is 0.152. The Hall–Kier alpha value is -4.58. The van der Waals surface area contributed by atoms with E-state index in [1.54, 1.807) is 46.8 Å². The highest BCUT2D eigenvalue weighted by atomic mass is 19.1. The molecule has 0 saturated carbocycles. The molecule has 9 heteroatoms. The van der Waals surface area contributed by atoms with Gasteiger partial charge in [0, 0.05) is 24.2 Å². The number of likely N-dealkylation sites (tertiary alicyclic amines) is 1. The average molecular weight is 486 g/mol. The first kappa shape index (κ1) is 23.2. The fourth-order valence-electron chi connectivity index (χ4n) is 4.58. The third-order valence-corrected chi connectivity index (χ3v) is 6.37. The first-order chi connectivity index (χ1) is 17.4. The number of carbonyl (C=O) groups excluding carboxylic acids is 2. The van der Waals surface area contributed by atoms with E-state index in [-0.39, 0.29) is 23.3 Å². The molecule has 5 rings (SSSR count). The molecule has 0 aliphatic carbocycles. The Morgan fingerprint density at radius 3 is 2.33 bits per heavy atom. The second-order valence-corrected chi connectivity index (χ2v) is 8.60. The SMILES string of the molecule is CC#CC(=O)N1CCC(c2cnn3c(C(N)=O)c(-c4ccc(Oc5ccc(F)cc5)cc4)[nH]c23)CC1. The van der Waals surface area contributed by atoms with Crippen LogP contribution in [0.5, 0.6) is 11.5 Å². The lowest BCUT2D eigenvalue weighted by Gasteiger charge is -2.30. The molecule has 2 aromatic carbocycles. The smallest absolute Gasteiger partial charge is 0.298 e. The number of hydrogen-bond acceptors (Lipinski definition) is 4. The van der Waals surface area contributed by atoms with Crippen LogP contribution in [0.2, 0.25) is 0 Å². The first-order valence-corrected chi connectivity index (χ1v) is 11.6. The summed E-state index contributed by atoms with van der Waals surface area (Å²) in [6.07, 6.45) is 3.30. The number of aromatic nitrogens is 3. The maximum atomic E-state index is 13.1. The number of primary amides is 1. The van der Waals surface area contributed by atoms with Crippen molar-refractivity contribution in [3.05, 3.63) is 71.8 Å². The third-order valence-electron chi connectivity index (χ3n) is 6.37. The number of nitrogens with two attached hydrogens (primary N) is 1. The normalized spacial score (nSPS) is 13.9. The number of rotatable bonds is 5. The highest BCUT2D eigenvalue weighted by molar-refractivity contribution is 5.98. The summed E-state index contributed by atoms with van der Waals surface area (Å²) in [7, 11) is 0. The molecule has 3 N–H and O–H groups in total. The summed E-state index contributed by atoms with van der Waals surface area (Å²) in [6.45, 7) is 2.88. The van der Waals surface area contributed by atoms with Crippen molar-refractivity contribution in [2.75, 3.05) is 13.1 Å². The van der Waals surface area contributed by atoms with Gasteiger partial charge in [0.1, 0.15) is 23.0 Å². The zero-order chi connectivity index (χ0) is 25.2. The minimum atomic E-state index is -0.601. The largest absolute Gasteiger partial charge is 0.457 e. The second-order valence-electron chi connectivity index (χ2n) is 8.60. The number of nitrogens with zero attached hydrogens (tertiary/aromatic N) is 3. The van der Waals surface area contributed by atoms with Gasteiger partial charge in [0.25, 0.3) is 11.8 Å². The van der Waals surface area contributed by atoms with Crippen LogP contribution in [0.3, 0.4) is 0 Å². The number of aromatic amines is 1. The van der Waals surface area contributed by atoms with Crippen molar-refractivity contribution in [1.29, 1.82) is 0 Å². The molecule has 1 saturated heterocycles. The molecule has 1 aliphatic rings. The Morgan fingerprint density at radius 2 is 1.72 bits per heavy atom. The van der Waals surface area contributed by atoms with Crippen LogP contribution in [-0.2, 0) is 4.79 Å². The Kier molecular flexibility index (Phi) is 6.17. The van der Waals surface area contributed by atoms with Crippen molar-refractivity contribution in [2.24, 2.45) is 5.73 Å². The van der Waals surface area contributed by atoms with Crippen molar-refractivity contribution in [3.8, 4) is 34.6 Å². The van der Waals surface area contributed by atoms with E-state index in [4.69, 9.17) is 10.5 Å². The van der Waals surface area contributed by atoms with E-state index in [0.717, 1.165) is 24.0 Å². The van der Waals surface area contributed by atoms with Crippen LogP contribution in [0.25, 0.3) is 16.9 Å². The molecule has 2 amide bonds. The molecule has 0 bridgehead atoms. The lowest BCUT2D eigenvalue weighted by Crippen LogP contribution is -2.37. The van der Waals surface area contributed by atoms with Gasteiger partial charge in [0.05, 0.1) is 11.9 Å². The van der Waals surface area contributed by atoms with Crippen molar-refractivity contribution in [2.45, 2.75) is 25.7 Å². The maximum Gasteiger partial charge on any atom is 0.298 e. The summed E-state index contributed by atoms with van der Waals surface area (Å²) in [5.74, 6) is 5.42. The molecule has 182 valence electrons. The van der Waals surface area contributed by atoms with Gasteiger partial charge in [-0.25, -0.2) is 8.91 Å². The predicted molar refractivity (Wildman–Crippen MR) is 132 cm³/mol. The van der Waals surface area contributed by atoms with Crippen LogP contribution in [0.4, 0.5) is 4.39 Å². The molecule has 0 radical (unpaired) electrons. The van der Waals surface area contributed by atoms with Gasteiger partial charge in [0.2, 0.25) is 0 Å². The average Bonchev–Trinajstić information content (AvgIpc) is 3.46. The number of halogens is 1. The van der Waals surface area contributed by atoms with Gasteiger partial charge in [-0.3, -0.25) is 9.59 Å². The van der Waals surface area contributed by atoms with Crippen LogP contribution in [0, 0.1) is 17.7 Å². The summed E-state index contributed by atoms with van der Waals surface area (Å²) in [5.41, 5.74) is 8.99. The molecule has 1 fully saturated rings. The van der Waals surface area contributed by atoms with Crippen LogP contribution in [-0.4, -0.2) is 44.4 Å². The summed E-state index contributed by atoms with van der Waals surface area (Å²) >= 11 is 0. The Bertz CT molecular complexity index is 1480. The number of carbonyl (C=O) groups is 2. The summed E-state index contributed by atoms with van der Waals surface area (Å²) in [5, 5.41) is 4.45. The predicted octanol–water partition coefficient (Wildman–Crippen LogP) is 4.09. The molecule has 3 heterocycles. The quantitative estimate of drug-likeness (QED) is 0.415.